The third-order valence-electron chi connectivity index (χ3n) is 4.18. The van der Waals surface area contributed by atoms with E-state index in [0.29, 0.717) is 38.1 Å². The van der Waals surface area contributed by atoms with Gasteiger partial charge in [0.15, 0.2) is 0 Å². The third-order valence-corrected chi connectivity index (χ3v) is 4.18. The summed E-state index contributed by atoms with van der Waals surface area (Å²) in [6, 6.07) is 7.34. The van der Waals surface area contributed by atoms with Gasteiger partial charge >= 0.3 is 5.97 Å². The second-order valence-corrected chi connectivity index (χ2v) is 5.79. The fourth-order valence-corrected chi connectivity index (χ4v) is 2.51. The van der Waals surface area contributed by atoms with Crippen molar-refractivity contribution in [3.05, 3.63) is 35.4 Å². The highest BCUT2D eigenvalue weighted by Crippen LogP contribution is 2.31. The van der Waals surface area contributed by atoms with E-state index < -0.39 is 11.4 Å². The number of nitrogens with zero attached hydrogens (tertiary/aromatic N) is 1. The molecule has 5 nitrogen and oxygen atoms in total. The summed E-state index contributed by atoms with van der Waals surface area (Å²) in [6.07, 6.45) is 0.992. The zero-order valence-electron chi connectivity index (χ0n) is 12.5. The normalized spacial score (nSPS) is 17.5. The Morgan fingerprint density at radius 2 is 1.81 bits per heavy atom. The van der Waals surface area contributed by atoms with Crippen LogP contribution in [0.5, 0.6) is 0 Å². The maximum atomic E-state index is 12.4. The van der Waals surface area contributed by atoms with Crippen LogP contribution in [-0.2, 0) is 16.1 Å². The van der Waals surface area contributed by atoms with E-state index in [1.807, 2.05) is 12.1 Å². The zero-order chi connectivity index (χ0) is 15.5. The second-order valence-electron chi connectivity index (χ2n) is 5.79. The van der Waals surface area contributed by atoms with Crippen LogP contribution >= 0.6 is 0 Å². The summed E-state index contributed by atoms with van der Waals surface area (Å²) >= 11 is 0. The molecule has 1 aromatic rings. The van der Waals surface area contributed by atoms with Gasteiger partial charge in [-0.05, 0) is 37.5 Å². The molecule has 0 aromatic heterocycles. The van der Waals surface area contributed by atoms with E-state index >= 15 is 0 Å². The van der Waals surface area contributed by atoms with Crippen LogP contribution in [0.3, 0.4) is 0 Å². The number of piperidine rings is 1. The molecular formula is C16H21NO4. The Morgan fingerprint density at radius 3 is 2.29 bits per heavy atom. The van der Waals surface area contributed by atoms with Gasteiger partial charge in [-0.25, -0.2) is 0 Å². The van der Waals surface area contributed by atoms with Crippen LogP contribution in [-0.4, -0.2) is 42.1 Å². The lowest BCUT2D eigenvalue weighted by molar-refractivity contribution is -0.150. The van der Waals surface area contributed by atoms with Crippen molar-refractivity contribution in [2.45, 2.75) is 26.4 Å². The topological polar surface area (TPSA) is 66.8 Å². The van der Waals surface area contributed by atoms with Crippen LogP contribution in [0.15, 0.2) is 24.3 Å². The number of aliphatic carboxylic acids is 1. The van der Waals surface area contributed by atoms with Crippen LogP contribution in [0.25, 0.3) is 0 Å². The first kappa shape index (κ1) is 15.5. The predicted octanol–water partition coefficient (Wildman–Crippen LogP) is 2.16. The molecule has 21 heavy (non-hydrogen) atoms. The van der Waals surface area contributed by atoms with Crippen molar-refractivity contribution < 1.29 is 19.4 Å². The van der Waals surface area contributed by atoms with Crippen molar-refractivity contribution >= 4 is 11.9 Å². The summed E-state index contributed by atoms with van der Waals surface area (Å²) in [6.45, 7) is 3.24. The monoisotopic (exact) mass is 291 g/mol. The molecule has 1 aliphatic rings. The lowest BCUT2D eigenvalue weighted by Gasteiger charge is -2.36. The van der Waals surface area contributed by atoms with E-state index in [4.69, 9.17) is 4.74 Å². The number of rotatable bonds is 4. The number of carboxylic acids is 1. The van der Waals surface area contributed by atoms with Crippen LogP contribution in [0, 0.1) is 5.41 Å². The molecule has 2 rings (SSSR count). The van der Waals surface area contributed by atoms with Crippen LogP contribution in [0.2, 0.25) is 0 Å². The number of carbonyl (C=O) groups excluding carboxylic acids is 1. The van der Waals surface area contributed by atoms with Gasteiger partial charge in [-0.3, -0.25) is 9.59 Å². The molecule has 1 fully saturated rings. The Bertz CT molecular complexity index is 516. The Morgan fingerprint density at radius 1 is 1.24 bits per heavy atom. The van der Waals surface area contributed by atoms with E-state index in [9.17, 15) is 14.7 Å². The minimum absolute atomic E-state index is 0.0357. The molecule has 0 atom stereocenters. The SMILES string of the molecule is COCc1ccc(C(=O)N2CCC(C)(C(=O)O)CC2)cc1. The number of benzene rings is 1. The quantitative estimate of drug-likeness (QED) is 0.923. The van der Waals surface area contributed by atoms with Gasteiger partial charge in [0, 0.05) is 25.8 Å². The molecule has 0 bridgehead atoms. The number of ether oxygens (including phenoxy) is 1. The van der Waals surface area contributed by atoms with Gasteiger partial charge in [0.05, 0.1) is 12.0 Å². The van der Waals surface area contributed by atoms with Crippen LogP contribution in [0.4, 0.5) is 0 Å². The number of hydrogen-bond acceptors (Lipinski definition) is 3. The highest BCUT2D eigenvalue weighted by atomic mass is 16.5. The van der Waals surface area contributed by atoms with Crippen molar-refractivity contribution in [1.29, 1.82) is 0 Å². The summed E-state index contributed by atoms with van der Waals surface area (Å²) in [7, 11) is 1.63. The number of carboxylic acid groups (broad SMARTS) is 1. The predicted molar refractivity (Wildman–Crippen MR) is 78.0 cm³/mol. The largest absolute Gasteiger partial charge is 0.481 e. The second kappa shape index (κ2) is 6.26. The van der Waals surface area contributed by atoms with Gasteiger partial charge in [0.2, 0.25) is 0 Å². The summed E-state index contributed by atoms with van der Waals surface area (Å²) in [4.78, 5) is 25.3. The maximum Gasteiger partial charge on any atom is 0.309 e. The van der Waals surface area contributed by atoms with E-state index in [1.54, 1.807) is 31.1 Å². The Hall–Kier alpha value is -1.88. The van der Waals surface area contributed by atoms with E-state index in [0.717, 1.165) is 5.56 Å². The number of amides is 1. The molecule has 1 amide bonds. The number of likely N-dealkylation sites (tertiary alicyclic amines) is 1. The summed E-state index contributed by atoms with van der Waals surface area (Å²) < 4.78 is 5.04. The standard InChI is InChI=1S/C16H21NO4/c1-16(15(19)20)7-9-17(10-8-16)14(18)13-5-3-12(4-6-13)11-21-2/h3-6H,7-11H2,1-2H3,(H,19,20). The summed E-state index contributed by atoms with van der Waals surface area (Å²) in [5, 5.41) is 9.21. The van der Waals surface area contributed by atoms with E-state index in [-0.39, 0.29) is 5.91 Å². The molecule has 1 heterocycles. The van der Waals surface area contributed by atoms with Crippen molar-refractivity contribution in [1.82, 2.24) is 4.90 Å². The number of hydrogen-bond donors (Lipinski definition) is 1. The smallest absolute Gasteiger partial charge is 0.309 e. The molecule has 1 saturated heterocycles. The van der Waals surface area contributed by atoms with Gasteiger partial charge in [0.25, 0.3) is 5.91 Å². The highest BCUT2D eigenvalue weighted by Gasteiger charge is 2.38. The summed E-state index contributed by atoms with van der Waals surface area (Å²) in [5.41, 5.74) is 0.943. The van der Waals surface area contributed by atoms with Crippen molar-refractivity contribution in [2.75, 3.05) is 20.2 Å². The molecule has 0 saturated carbocycles. The number of carbonyl (C=O) groups is 2. The molecule has 0 unspecified atom stereocenters. The molecule has 0 spiro atoms. The molecule has 1 aliphatic heterocycles. The average Bonchev–Trinajstić information content (AvgIpc) is 2.48. The third kappa shape index (κ3) is 3.42. The Labute approximate surface area is 124 Å². The van der Waals surface area contributed by atoms with Gasteiger partial charge in [-0.15, -0.1) is 0 Å². The van der Waals surface area contributed by atoms with Crippen molar-refractivity contribution in [3.8, 4) is 0 Å². The molecule has 1 aromatic carbocycles. The lowest BCUT2D eigenvalue weighted by atomic mass is 9.80. The van der Waals surface area contributed by atoms with Crippen molar-refractivity contribution in [2.24, 2.45) is 5.41 Å². The van der Waals surface area contributed by atoms with Crippen LogP contribution in [0.1, 0.15) is 35.7 Å². The van der Waals surface area contributed by atoms with Gasteiger partial charge in [-0.2, -0.15) is 0 Å². The lowest BCUT2D eigenvalue weighted by Crippen LogP contribution is -2.45. The highest BCUT2D eigenvalue weighted by molar-refractivity contribution is 5.94. The van der Waals surface area contributed by atoms with Gasteiger partial charge in [-0.1, -0.05) is 12.1 Å². The Balaban J connectivity index is 2.00. The minimum Gasteiger partial charge on any atom is -0.481 e. The fraction of sp³-hybridized carbons (Fsp3) is 0.500. The molecule has 0 aliphatic carbocycles. The van der Waals surface area contributed by atoms with Crippen molar-refractivity contribution in [3.63, 3.8) is 0 Å². The fourth-order valence-electron chi connectivity index (χ4n) is 2.51. The first-order chi connectivity index (χ1) is 9.96. The molecular weight excluding hydrogens is 270 g/mol. The van der Waals surface area contributed by atoms with E-state index in [2.05, 4.69) is 0 Å². The maximum absolute atomic E-state index is 12.4. The average molecular weight is 291 g/mol. The number of methoxy groups -OCH3 is 1. The Kier molecular flexibility index (Phi) is 4.63. The molecule has 0 radical (unpaired) electrons. The summed E-state index contributed by atoms with van der Waals surface area (Å²) in [5.74, 6) is -0.815. The first-order valence-electron chi connectivity index (χ1n) is 7.07. The van der Waals surface area contributed by atoms with Crippen LogP contribution < -0.4 is 0 Å². The minimum atomic E-state index is -0.779. The van der Waals surface area contributed by atoms with Gasteiger partial charge < -0.3 is 14.7 Å². The zero-order valence-corrected chi connectivity index (χ0v) is 12.5. The molecule has 5 heteroatoms. The van der Waals surface area contributed by atoms with Gasteiger partial charge in [0.1, 0.15) is 0 Å². The van der Waals surface area contributed by atoms with E-state index in [1.165, 1.54) is 0 Å². The molecule has 1 N–H and O–H groups in total. The first-order valence-corrected chi connectivity index (χ1v) is 7.07. The molecule has 114 valence electrons.